The molecule has 2 aromatic rings. The van der Waals surface area contributed by atoms with Gasteiger partial charge in [-0.15, -0.1) is 0 Å². The smallest absolute Gasteiger partial charge is 0.265 e. The number of rotatable bonds is 7. The number of amides is 1. The number of methoxy groups -OCH3 is 2. The summed E-state index contributed by atoms with van der Waals surface area (Å²) in [7, 11) is 3.13. The van der Waals surface area contributed by atoms with Crippen molar-refractivity contribution < 1.29 is 19.0 Å². The van der Waals surface area contributed by atoms with Crippen LogP contribution >= 0.6 is 0 Å². The van der Waals surface area contributed by atoms with Crippen molar-refractivity contribution in [2.45, 2.75) is 33.3 Å². The maximum Gasteiger partial charge on any atom is 0.265 e. The van der Waals surface area contributed by atoms with Crippen LogP contribution in [-0.4, -0.2) is 26.2 Å². The Bertz CT molecular complexity index is 742. The molecule has 0 spiro atoms. The Hall–Kier alpha value is -2.69. The molecule has 25 heavy (non-hydrogen) atoms. The van der Waals surface area contributed by atoms with Crippen molar-refractivity contribution in [2.75, 3.05) is 19.5 Å². The lowest BCUT2D eigenvalue weighted by molar-refractivity contribution is -0.122. The molecule has 0 bridgehead atoms. The van der Waals surface area contributed by atoms with Gasteiger partial charge in [0.25, 0.3) is 5.91 Å². The Kier molecular flexibility index (Phi) is 6.28. The Morgan fingerprint density at radius 1 is 1.04 bits per heavy atom. The first-order valence-electron chi connectivity index (χ1n) is 8.25. The van der Waals surface area contributed by atoms with Crippen molar-refractivity contribution in [1.82, 2.24) is 0 Å². The zero-order chi connectivity index (χ0) is 18.4. The molecule has 2 aromatic carbocycles. The fraction of sp³-hybridized carbons (Fsp3) is 0.350. The fourth-order valence-electron chi connectivity index (χ4n) is 2.43. The van der Waals surface area contributed by atoms with Crippen molar-refractivity contribution in [3.05, 3.63) is 47.5 Å². The van der Waals surface area contributed by atoms with Crippen LogP contribution in [0.5, 0.6) is 17.2 Å². The second kappa shape index (κ2) is 8.42. The van der Waals surface area contributed by atoms with E-state index in [1.807, 2.05) is 39.0 Å². The van der Waals surface area contributed by atoms with Gasteiger partial charge < -0.3 is 19.5 Å². The Balaban J connectivity index is 2.19. The fourth-order valence-corrected chi connectivity index (χ4v) is 2.43. The quantitative estimate of drug-likeness (QED) is 0.822. The van der Waals surface area contributed by atoms with Crippen molar-refractivity contribution in [3.8, 4) is 17.2 Å². The van der Waals surface area contributed by atoms with Gasteiger partial charge in [-0.3, -0.25) is 4.79 Å². The molecule has 0 radical (unpaired) electrons. The van der Waals surface area contributed by atoms with Crippen LogP contribution in [0, 0.1) is 13.8 Å². The molecular formula is C20H25NO4. The minimum absolute atomic E-state index is 0.227. The van der Waals surface area contributed by atoms with E-state index in [9.17, 15) is 4.79 Å². The van der Waals surface area contributed by atoms with Crippen LogP contribution in [0.4, 0.5) is 5.69 Å². The van der Waals surface area contributed by atoms with Crippen LogP contribution in [0.3, 0.4) is 0 Å². The summed E-state index contributed by atoms with van der Waals surface area (Å²) in [4.78, 5) is 12.7. The molecular weight excluding hydrogens is 318 g/mol. The van der Waals surface area contributed by atoms with E-state index in [2.05, 4.69) is 5.32 Å². The Labute approximate surface area is 148 Å². The van der Waals surface area contributed by atoms with E-state index in [4.69, 9.17) is 14.2 Å². The highest BCUT2D eigenvalue weighted by Crippen LogP contribution is 2.29. The van der Waals surface area contributed by atoms with Gasteiger partial charge in [-0.1, -0.05) is 19.1 Å². The van der Waals surface area contributed by atoms with Crippen LogP contribution < -0.4 is 19.5 Å². The monoisotopic (exact) mass is 343 g/mol. The molecule has 0 saturated carbocycles. The van der Waals surface area contributed by atoms with Gasteiger partial charge in [0.15, 0.2) is 6.10 Å². The van der Waals surface area contributed by atoms with Crippen molar-refractivity contribution in [1.29, 1.82) is 0 Å². The van der Waals surface area contributed by atoms with Gasteiger partial charge in [0, 0.05) is 6.07 Å². The molecule has 1 amide bonds. The maximum absolute atomic E-state index is 12.7. The number of anilines is 1. The molecule has 134 valence electrons. The molecule has 0 aliphatic carbocycles. The lowest BCUT2D eigenvalue weighted by atomic mass is 10.1. The van der Waals surface area contributed by atoms with Gasteiger partial charge in [0.1, 0.15) is 17.2 Å². The van der Waals surface area contributed by atoms with E-state index < -0.39 is 6.10 Å². The molecule has 2 rings (SSSR count). The molecule has 5 heteroatoms. The highest BCUT2D eigenvalue weighted by atomic mass is 16.5. The number of carbonyl (C=O) groups is 1. The summed E-state index contributed by atoms with van der Waals surface area (Å²) in [6, 6.07) is 11.2. The molecule has 5 nitrogen and oxygen atoms in total. The maximum atomic E-state index is 12.7. The summed E-state index contributed by atoms with van der Waals surface area (Å²) in [6.45, 7) is 5.87. The van der Waals surface area contributed by atoms with E-state index in [-0.39, 0.29) is 5.91 Å². The minimum atomic E-state index is -0.601. The summed E-state index contributed by atoms with van der Waals surface area (Å²) in [5.74, 6) is 1.70. The minimum Gasteiger partial charge on any atom is -0.497 e. The van der Waals surface area contributed by atoms with Crippen LogP contribution in [0.2, 0.25) is 0 Å². The molecule has 0 fully saturated rings. The van der Waals surface area contributed by atoms with Crippen molar-refractivity contribution in [3.63, 3.8) is 0 Å². The molecule has 1 atom stereocenters. The number of aryl methyl sites for hydroxylation is 2. The number of hydrogen-bond acceptors (Lipinski definition) is 4. The van der Waals surface area contributed by atoms with Crippen molar-refractivity contribution in [2.24, 2.45) is 0 Å². The first-order valence-corrected chi connectivity index (χ1v) is 8.25. The van der Waals surface area contributed by atoms with E-state index >= 15 is 0 Å². The van der Waals surface area contributed by atoms with Gasteiger partial charge in [-0.25, -0.2) is 0 Å². The summed E-state index contributed by atoms with van der Waals surface area (Å²) >= 11 is 0. The normalized spacial score (nSPS) is 11.6. The van der Waals surface area contributed by atoms with E-state index in [0.29, 0.717) is 23.6 Å². The summed E-state index contributed by atoms with van der Waals surface area (Å²) in [5, 5.41) is 2.87. The third-order valence-electron chi connectivity index (χ3n) is 3.94. The molecule has 0 heterocycles. The topological polar surface area (TPSA) is 56.8 Å². The number of hydrogen-bond donors (Lipinski definition) is 1. The summed E-state index contributed by atoms with van der Waals surface area (Å²) in [6.07, 6.45) is -0.0534. The summed E-state index contributed by atoms with van der Waals surface area (Å²) in [5.41, 5.74) is 2.64. The number of ether oxygens (including phenoxy) is 3. The summed E-state index contributed by atoms with van der Waals surface area (Å²) < 4.78 is 16.5. The van der Waals surface area contributed by atoms with Gasteiger partial charge in [-0.05, 0) is 49.6 Å². The zero-order valence-corrected chi connectivity index (χ0v) is 15.4. The van der Waals surface area contributed by atoms with E-state index in [1.54, 1.807) is 32.4 Å². The van der Waals surface area contributed by atoms with Gasteiger partial charge in [0.2, 0.25) is 0 Å². The van der Waals surface area contributed by atoms with Crippen LogP contribution in [-0.2, 0) is 4.79 Å². The van der Waals surface area contributed by atoms with Gasteiger partial charge >= 0.3 is 0 Å². The standard InChI is InChI=1S/C20H25NO4/c1-6-17(25-19-11-13(2)7-8-14(19)3)20(22)21-16-12-15(23-4)9-10-18(16)24-5/h7-12,17H,6H2,1-5H3,(H,21,22)/t17-/m1/s1. The number of carbonyl (C=O) groups excluding carboxylic acids is 1. The Morgan fingerprint density at radius 2 is 1.80 bits per heavy atom. The second-order valence-electron chi connectivity index (χ2n) is 5.84. The average molecular weight is 343 g/mol. The molecule has 0 unspecified atom stereocenters. The largest absolute Gasteiger partial charge is 0.497 e. The molecule has 0 aliphatic heterocycles. The molecule has 0 aliphatic rings. The average Bonchev–Trinajstić information content (AvgIpc) is 2.62. The van der Waals surface area contributed by atoms with Crippen LogP contribution in [0.15, 0.2) is 36.4 Å². The predicted molar refractivity (Wildman–Crippen MR) is 98.8 cm³/mol. The predicted octanol–water partition coefficient (Wildman–Crippen LogP) is 4.12. The third-order valence-corrected chi connectivity index (χ3v) is 3.94. The highest BCUT2D eigenvalue weighted by molar-refractivity contribution is 5.95. The Morgan fingerprint density at radius 3 is 2.44 bits per heavy atom. The second-order valence-corrected chi connectivity index (χ2v) is 5.84. The first kappa shape index (κ1) is 18.6. The van der Waals surface area contributed by atoms with Crippen LogP contribution in [0.1, 0.15) is 24.5 Å². The SMILES string of the molecule is CC[C@@H](Oc1cc(C)ccc1C)C(=O)Nc1cc(OC)ccc1OC. The van der Waals surface area contributed by atoms with Gasteiger partial charge in [0.05, 0.1) is 19.9 Å². The first-order chi connectivity index (χ1) is 12.0. The van der Waals surface area contributed by atoms with E-state index in [0.717, 1.165) is 16.9 Å². The van der Waals surface area contributed by atoms with Gasteiger partial charge in [-0.2, -0.15) is 0 Å². The highest BCUT2D eigenvalue weighted by Gasteiger charge is 2.21. The third kappa shape index (κ3) is 4.66. The number of nitrogens with one attached hydrogen (secondary N) is 1. The van der Waals surface area contributed by atoms with Crippen molar-refractivity contribution >= 4 is 11.6 Å². The van der Waals surface area contributed by atoms with E-state index in [1.165, 1.54) is 0 Å². The molecule has 1 N–H and O–H groups in total. The zero-order valence-electron chi connectivity index (χ0n) is 15.4. The lowest BCUT2D eigenvalue weighted by Gasteiger charge is -2.20. The molecule has 0 aromatic heterocycles. The van der Waals surface area contributed by atoms with Crippen LogP contribution in [0.25, 0.3) is 0 Å². The molecule has 0 saturated heterocycles. The lowest BCUT2D eigenvalue weighted by Crippen LogP contribution is -2.32. The number of benzene rings is 2.